The van der Waals surface area contributed by atoms with Gasteiger partial charge in [0.15, 0.2) is 0 Å². The van der Waals surface area contributed by atoms with Crippen LogP contribution in [0.25, 0.3) is 0 Å². The predicted molar refractivity (Wildman–Crippen MR) is 77.5 cm³/mol. The topological polar surface area (TPSA) is 38.3 Å². The lowest BCUT2D eigenvalue weighted by Crippen LogP contribution is -2.14. The number of nitrogens with one attached hydrogen (secondary N) is 1. The molecule has 7 heteroatoms. The molecule has 0 saturated heterocycles. The number of carbonyl (C=O) groups excluding carboxylic acids is 1. The van der Waals surface area contributed by atoms with Crippen molar-refractivity contribution in [3.8, 4) is 5.75 Å². The van der Waals surface area contributed by atoms with Crippen LogP contribution < -0.4 is 10.1 Å². The van der Waals surface area contributed by atoms with Crippen LogP contribution in [0.15, 0.2) is 42.5 Å². The highest BCUT2D eigenvalue weighted by molar-refractivity contribution is 6.36. The monoisotopic (exact) mass is 331 g/mol. The first-order chi connectivity index (χ1) is 9.97. The van der Waals surface area contributed by atoms with Gasteiger partial charge in [0, 0.05) is 5.02 Å². The molecule has 0 aliphatic carbocycles. The van der Waals surface area contributed by atoms with Gasteiger partial charge in [0.25, 0.3) is 5.91 Å². The number of para-hydroxylation sites is 2. The van der Waals surface area contributed by atoms with Crippen LogP contribution in [-0.2, 0) is 0 Å². The molecule has 1 N–H and O–H groups in total. The van der Waals surface area contributed by atoms with Crippen molar-refractivity contribution in [1.82, 2.24) is 0 Å². The van der Waals surface area contributed by atoms with Crippen LogP contribution in [0.3, 0.4) is 0 Å². The number of ether oxygens (including phenoxy) is 1. The van der Waals surface area contributed by atoms with Crippen LogP contribution >= 0.6 is 23.2 Å². The summed E-state index contributed by atoms with van der Waals surface area (Å²) in [6.45, 7) is -2.99. The Morgan fingerprint density at radius 2 is 1.86 bits per heavy atom. The zero-order valence-electron chi connectivity index (χ0n) is 10.4. The van der Waals surface area contributed by atoms with Gasteiger partial charge >= 0.3 is 6.61 Å². The molecule has 0 radical (unpaired) electrons. The Morgan fingerprint density at radius 3 is 2.57 bits per heavy atom. The molecule has 3 nitrogen and oxygen atoms in total. The van der Waals surface area contributed by atoms with Crippen LogP contribution in [0, 0.1) is 0 Å². The quantitative estimate of drug-likeness (QED) is 0.869. The highest BCUT2D eigenvalue weighted by atomic mass is 35.5. The zero-order valence-corrected chi connectivity index (χ0v) is 12.0. The van der Waals surface area contributed by atoms with Gasteiger partial charge in [-0.2, -0.15) is 8.78 Å². The summed E-state index contributed by atoms with van der Waals surface area (Å²) in [5, 5.41) is 2.99. The number of rotatable bonds is 4. The molecule has 2 aromatic carbocycles. The van der Waals surface area contributed by atoms with Gasteiger partial charge in [0.05, 0.1) is 16.3 Å². The van der Waals surface area contributed by atoms with Gasteiger partial charge in [-0.05, 0) is 30.3 Å². The second-order valence-corrected chi connectivity index (χ2v) is 4.80. The molecule has 0 spiro atoms. The summed E-state index contributed by atoms with van der Waals surface area (Å²) < 4.78 is 28.9. The van der Waals surface area contributed by atoms with Crippen molar-refractivity contribution >= 4 is 34.8 Å². The fourth-order valence-electron chi connectivity index (χ4n) is 1.63. The number of alkyl halides is 2. The molecule has 0 aromatic heterocycles. The molecule has 2 aromatic rings. The SMILES string of the molecule is O=C(Nc1ccccc1OC(F)F)c1cc(Cl)ccc1Cl. The van der Waals surface area contributed by atoms with Crippen LogP contribution in [0.4, 0.5) is 14.5 Å². The number of halogens is 4. The average molecular weight is 332 g/mol. The van der Waals surface area contributed by atoms with E-state index in [1.54, 1.807) is 6.07 Å². The van der Waals surface area contributed by atoms with Gasteiger partial charge in [-0.15, -0.1) is 0 Å². The Balaban J connectivity index is 2.25. The summed E-state index contributed by atoms with van der Waals surface area (Å²) in [5.74, 6) is -0.716. The first-order valence-corrected chi connectivity index (χ1v) is 6.53. The summed E-state index contributed by atoms with van der Waals surface area (Å²) in [6.07, 6.45) is 0. The first-order valence-electron chi connectivity index (χ1n) is 5.77. The minimum absolute atomic E-state index is 0.110. The first kappa shape index (κ1) is 15.5. The van der Waals surface area contributed by atoms with Crippen molar-refractivity contribution in [3.05, 3.63) is 58.1 Å². The van der Waals surface area contributed by atoms with Gasteiger partial charge in [-0.3, -0.25) is 4.79 Å². The molecule has 2 rings (SSSR count). The van der Waals surface area contributed by atoms with Gasteiger partial charge in [0.2, 0.25) is 0 Å². The van der Waals surface area contributed by atoms with Crippen LogP contribution in [-0.4, -0.2) is 12.5 Å². The molecule has 0 unspecified atom stereocenters. The second kappa shape index (κ2) is 6.74. The van der Waals surface area contributed by atoms with Gasteiger partial charge in [-0.1, -0.05) is 35.3 Å². The lowest BCUT2D eigenvalue weighted by atomic mass is 10.2. The minimum Gasteiger partial charge on any atom is -0.433 e. The number of hydrogen-bond acceptors (Lipinski definition) is 2. The molecule has 0 atom stereocenters. The maximum absolute atomic E-state index is 12.3. The molecular weight excluding hydrogens is 323 g/mol. The van der Waals surface area contributed by atoms with Crippen LogP contribution in [0.2, 0.25) is 10.0 Å². The van der Waals surface area contributed by atoms with E-state index < -0.39 is 12.5 Å². The third kappa shape index (κ3) is 4.06. The Labute approximate surface area is 129 Å². The van der Waals surface area contributed by atoms with E-state index in [9.17, 15) is 13.6 Å². The fraction of sp³-hybridized carbons (Fsp3) is 0.0714. The summed E-state index contributed by atoms with van der Waals surface area (Å²) in [6, 6.07) is 10.2. The molecule has 0 bridgehead atoms. The van der Waals surface area contributed by atoms with Crippen molar-refractivity contribution in [1.29, 1.82) is 0 Å². The number of amides is 1. The Bertz CT molecular complexity index is 665. The van der Waals surface area contributed by atoms with Crippen molar-refractivity contribution < 1.29 is 18.3 Å². The van der Waals surface area contributed by atoms with Gasteiger partial charge in [0.1, 0.15) is 5.75 Å². The van der Waals surface area contributed by atoms with Crippen molar-refractivity contribution in [3.63, 3.8) is 0 Å². The number of carbonyl (C=O) groups is 1. The van der Waals surface area contributed by atoms with E-state index in [-0.39, 0.29) is 22.0 Å². The van der Waals surface area contributed by atoms with E-state index in [1.165, 1.54) is 36.4 Å². The van der Waals surface area contributed by atoms with E-state index in [0.717, 1.165) is 0 Å². The molecule has 1 amide bonds. The fourth-order valence-corrected chi connectivity index (χ4v) is 2.01. The van der Waals surface area contributed by atoms with E-state index in [1.807, 2.05) is 0 Å². The van der Waals surface area contributed by atoms with E-state index >= 15 is 0 Å². The van der Waals surface area contributed by atoms with Crippen LogP contribution in [0.1, 0.15) is 10.4 Å². The summed E-state index contributed by atoms with van der Waals surface area (Å²) in [4.78, 5) is 12.1. The minimum atomic E-state index is -2.99. The molecular formula is C14H9Cl2F2NO2. The smallest absolute Gasteiger partial charge is 0.387 e. The van der Waals surface area contributed by atoms with E-state index in [4.69, 9.17) is 23.2 Å². The number of anilines is 1. The predicted octanol–water partition coefficient (Wildman–Crippen LogP) is 4.85. The molecule has 0 saturated carbocycles. The zero-order chi connectivity index (χ0) is 15.4. The Morgan fingerprint density at radius 1 is 1.14 bits per heavy atom. The van der Waals surface area contributed by atoms with Gasteiger partial charge in [-0.25, -0.2) is 0 Å². The molecule has 0 fully saturated rings. The maximum Gasteiger partial charge on any atom is 0.387 e. The lowest BCUT2D eigenvalue weighted by molar-refractivity contribution is -0.0493. The Kier molecular flexibility index (Phi) is 4.98. The van der Waals surface area contributed by atoms with E-state index in [2.05, 4.69) is 10.1 Å². The maximum atomic E-state index is 12.3. The molecule has 110 valence electrons. The molecule has 0 heterocycles. The van der Waals surface area contributed by atoms with Crippen molar-refractivity contribution in [2.75, 3.05) is 5.32 Å². The second-order valence-electron chi connectivity index (χ2n) is 3.95. The number of benzene rings is 2. The summed E-state index contributed by atoms with van der Waals surface area (Å²) >= 11 is 11.7. The van der Waals surface area contributed by atoms with E-state index in [0.29, 0.717) is 5.02 Å². The molecule has 0 aliphatic rings. The largest absolute Gasteiger partial charge is 0.433 e. The average Bonchev–Trinajstić information content (AvgIpc) is 2.43. The normalized spacial score (nSPS) is 10.5. The highest BCUT2D eigenvalue weighted by Crippen LogP contribution is 2.27. The molecule has 0 aliphatic heterocycles. The van der Waals surface area contributed by atoms with Crippen molar-refractivity contribution in [2.24, 2.45) is 0 Å². The number of hydrogen-bond donors (Lipinski definition) is 1. The van der Waals surface area contributed by atoms with Gasteiger partial charge < -0.3 is 10.1 Å². The third-order valence-electron chi connectivity index (χ3n) is 2.52. The Hall–Kier alpha value is -1.85. The standard InChI is InChI=1S/C14H9Cl2F2NO2/c15-8-5-6-10(16)9(7-8)13(20)19-11-3-1-2-4-12(11)21-14(17)18/h1-7,14H,(H,19,20). The summed E-state index contributed by atoms with van der Waals surface area (Å²) in [5.41, 5.74) is 0.245. The van der Waals surface area contributed by atoms with Crippen molar-refractivity contribution in [2.45, 2.75) is 6.61 Å². The van der Waals surface area contributed by atoms with Crippen LogP contribution in [0.5, 0.6) is 5.75 Å². The highest BCUT2D eigenvalue weighted by Gasteiger charge is 2.15. The molecule has 21 heavy (non-hydrogen) atoms. The lowest BCUT2D eigenvalue weighted by Gasteiger charge is -2.12. The third-order valence-corrected chi connectivity index (χ3v) is 3.09. The summed E-state index contributed by atoms with van der Waals surface area (Å²) in [7, 11) is 0.